The van der Waals surface area contributed by atoms with Crippen molar-refractivity contribution in [2.45, 2.75) is 78.9 Å². The minimum atomic E-state index is -0.833. The van der Waals surface area contributed by atoms with Crippen molar-refractivity contribution in [3.8, 4) is 0 Å². The summed E-state index contributed by atoms with van der Waals surface area (Å²) >= 11 is 0. The molecule has 0 amide bonds. The van der Waals surface area contributed by atoms with Crippen LogP contribution in [0.3, 0.4) is 0 Å². The zero-order valence-electron chi connectivity index (χ0n) is 19.1. The van der Waals surface area contributed by atoms with E-state index in [1.54, 1.807) is 0 Å². The zero-order chi connectivity index (χ0) is 21.4. The summed E-state index contributed by atoms with van der Waals surface area (Å²) in [7, 11) is 0. The zero-order valence-corrected chi connectivity index (χ0v) is 19.1. The molecule has 1 fully saturated rings. The maximum Gasteiger partial charge on any atom is 0.306 e. The highest BCUT2D eigenvalue weighted by molar-refractivity contribution is 5.86. The molecule has 6 heteroatoms. The average molecular weight is 399 g/mol. The first-order valence-electron chi connectivity index (χ1n) is 10.8. The van der Waals surface area contributed by atoms with Crippen LogP contribution in [0, 0.1) is 11.8 Å². The van der Waals surface area contributed by atoms with Gasteiger partial charge in [0, 0.05) is 51.5 Å². The number of hydrogen-bond acceptors (Lipinski definition) is 6. The van der Waals surface area contributed by atoms with Gasteiger partial charge in [-0.25, -0.2) is 0 Å². The molecule has 0 radical (unpaired) electrons. The van der Waals surface area contributed by atoms with Gasteiger partial charge in [0.1, 0.15) is 11.2 Å². The molecule has 1 N–H and O–H groups in total. The lowest BCUT2D eigenvalue weighted by atomic mass is 9.92. The van der Waals surface area contributed by atoms with Gasteiger partial charge in [0.15, 0.2) is 5.78 Å². The molecule has 1 saturated heterocycles. The topological polar surface area (TPSA) is 67.9 Å². The molecule has 0 spiro atoms. The van der Waals surface area contributed by atoms with Crippen molar-refractivity contribution >= 4 is 11.8 Å². The van der Waals surface area contributed by atoms with E-state index < -0.39 is 11.2 Å². The Morgan fingerprint density at radius 3 is 2.21 bits per heavy atom. The Labute approximate surface area is 171 Å². The Kier molecular flexibility index (Phi) is 10.1. The number of Topliss-reactive ketones (excluding diaryl/α,β-unsaturated/α-hetero) is 1. The lowest BCUT2D eigenvalue weighted by Gasteiger charge is -2.34. The summed E-state index contributed by atoms with van der Waals surface area (Å²) in [5, 5.41) is 3.32. The molecular weight excluding hydrogens is 356 g/mol. The molecule has 1 rings (SSSR count). The third kappa shape index (κ3) is 9.01. The molecule has 1 unspecified atom stereocenters. The lowest BCUT2D eigenvalue weighted by Crippen LogP contribution is -2.46. The van der Waals surface area contributed by atoms with Crippen LogP contribution in [-0.2, 0) is 19.1 Å². The normalized spacial score (nSPS) is 17.6. The number of esters is 1. The number of carbonyl (C=O) groups is 2. The van der Waals surface area contributed by atoms with Crippen LogP contribution in [0.2, 0.25) is 0 Å². The van der Waals surface area contributed by atoms with E-state index in [0.29, 0.717) is 25.4 Å². The first-order chi connectivity index (χ1) is 12.9. The van der Waals surface area contributed by atoms with Crippen LogP contribution in [0.4, 0.5) is 0 Å². The van der Waals surface area contributed by atoms with E-state index >= 15 is 0 Å². The number of nitrogens with one attached hydrogen (secondary N) is 1. The number of ketones is 1. The molecule has 0 aliphatic carbocycles. The van der Waals surface area contributed by atoms with Gasteiger partial charge < -0.3 is 19.7 Å². The van der Waals surface area contributed by atoms with Crippen LogP contribution in [0.25, 0.3) is 0 Å². The number of nitrogens with zero attached hydrogens (tertiary/aromatic N) is 1. The quantitative estimate of drug-likeness (QED) is 0.510. The van der Waals surface area contributed by atoms with Gasteiger partial charge in [-0.1, -0.05) is 20.8 Å². The second-order valence-corrected chi connectivity index (χ2v) is 9.50. The molecule has 0 aromatic carbocycles. The van der Waals surface area contributed by atoms with Crippen LogP contribution in [0.15, 0.2) is 0 Å². The summed E-state index contributed by atoms with van der Waals surface area (Å²) in [5.74, 6) is 0.405. The summed E-state index contributed by atoms with van der Waals surface area (Å²) in [6.07, 6.45) is 1.76. The summed E-state index contributed by atoms with van der Waals surface area (Å²) in [5.41, 5.74) is -1.46. The van der Waals surface area contributed by atoms with Crippen molar-refractivity contribution in [1.82, 2.24) is 10.2 Å². The third-order valence-electron chi connectivity index (χ3n) is 5.72. The van der Waals surface area contributed by atoms with Crippen molar-refractivity contribution in [3.63, 3.8) is 0 Å². The van der Waals surface area contributed by atoms with Crippen LogP contribution in [-0.4, -0.2) is 67.2 Å². The van der Waals surface area contributed by atoms with Gasteiger partial charge in [-0.3, -0.25) is 9.59 Å². The number of piperazine rings is 1. The number of ether oxygens (including phenoxy) is 2. The molecule has 0 saturated carbocycles. The molecule has 164 valence electrons. The largest absolute Gasteiger partial charge is 0.459 e. The maximum atomic E-state index is 12.6. The molecule has 6 nitrogen and oxygen atoms in total. The summed E-state index contributed by atoms with van der Waals surface area (Å²) in [4.78, 5) is 27.0. The van der Waals surface area contributed by atoms with Gasteiger partial charge in [0.25, 0.3) is 0 Å². The van der Waals surface area contributed by atoms with Gasteiger partial charge in [-0.2, -0.15) is 0 Å². The van der Waals surface area contributed by atoms with E-state index in [2.05, 4.69) is 24.1 Å². The monoisotopic (exact) mass is 398 g/mol. The maximum absolute atomic E-state index is 12.6. The third-order valence-corrected chi connectivity index (χ3v) is 5.72. The SMILES string of the molecule is CC(C)CCC(=O)OC(C)(C)C(C)COC(C)(C)C(=O)CCN1CCNCC1. The highest BCUT2D eigenvalue weighted by atomic mass is 16.6. The minimum Gasteiger partial charge on any atom is -0.459 e. The van der Waals surface area contributed by atoms with Gasteiger partial charge in [-0.05, 0) is 40.0 Å². The Morgan fingerprint density at radius 2 is 1.64 bits per heavy atom. The molecule has 1 aliphatic rings. The summed E-state index contributed by atoms with van der Waals surface area (Å²) < 4.78 is 11.7. The van der Waals surface area contributed by atoms with Crippen molar-refractivity contribution in [2.75, 3.05) is 39.3 Å². The fourth-order valence-corrected chi connectivity index (χ4v) is 2.96. The predicted molar refractivity (Wildman–Crippen MR) is 112 cm³/mol. The van der Waals surface area contributed by atoms with E-state index in [4.69, 9.17) is 9.47 Å². The van der Waals surface area contributed by atoms with Gasteiger partial charge in [-0.15, -0.1) is 0 Å². The second kappa shape index (κ2) is 11.3. The van der Waals surface area contributed by atoms with Crippen LogP contribution in [0.1, 0.15) is 67.7 Å². The first-order valence-corrected chi connectivity index (χ1v) is 10.8. The van der Waals surface area contributed by atoms with E-state index in [9.17, 15) is 9.59 Å². The molecule has 1 heterocycles. The van der Waals surface area contributed by atoms with Gasteiger partial charge in [0.05, 0.1) is 6.61 Å². The molecule has 0 bridgehead atoms. The number of hydrogen-bond donors (Lipinski definition) is 1. The number of carbonyl (C=O) groups excluding carboxylic acids is 2. The smallest absolute Gasteiger partial charge is 0.306 e. The standard InChI is InChI=1S/C22H42N2O4/c1-17(2)8-9-20(26)28-21(4,5)18(3)16-27-22(6,7)19(25)10-13-24-14-11-23-12-15-24/h17-18,23H,8-16H2,1-7H3. The van der Waals surface area contributed by atoms with E-state index in [1.807, 2.05) is 34.6 Å². The fraction of sp³-hybridized carbons (Fsp3) is 0.909. The summed E-state index contributed by atoms with van der Waals surface area (Å²) in [6.45, 7) is 18.8. The van der Waals surface area contributed by atoms with E-state index in [-0.39, 0.29) is 17.7 Å². The minimum absolute atomic E-state index is 0.0178. The Bertz CT molecular complexity index is 497. The first kappa shape index (κ1) is 25.1. The average Bonchev–Trinajstić information content (AvgIpc) is 2.62. The Morgan fingerprint density at radius 1 is 1.04 bits per heavy atom. The lowest BCUT2D eigenvalue weighted by molar-refractivity contribution is -0.168. The summed E-state index contributed by atoms with van der Waals surface area (Å²) in [6, 6.07) is 0. The van der Waals surface area contributed by atoms with Crippen molar-refractivity contribution in [1.29, 1.82) is 0 Å². The van der Waals surface area contributed by atoms with E-state index in [0.717, 1.165) is 39.1 Å². The van der Waals surface area contributed by atoms with Gasteiger partial charge in [0.2, 0.25) is 0 Å². The van der Waals surface area contributed by atoms with E-state index in [1.165, 1.54) is 0 Å². The molecule has 0 aromatic heterocycles. The second-order valence-electron chi connectivity index (χ2n) is 9.50. The van der Waals surface area contributed by atoms with Crippen molar-refractivity contribution in [2.24, 2.45) is 11.8 Å². The van der Waals surface area contributed by atoms with Crippen molar-refractivity contribution in [3.05, 3.63) is 0 Å². The number of rotatable bonds is 12. The molecular formula is C22H42N2O4. The molecule has 0 aromatic rings. The van der Waals surface area contributed by atoms with Gasteiger partial charge >= 0.3 is 5.97 Å². The highest BCUT2D eigenvalue weighted by Crippen LogP contribution is 2.25. The Balaban J connectivity index is 2.43. The van der Waals surface area contributed by atoms with Crippen LogP contribution < -0.4 is 5.32 Å². The highest BCUT2D eigenvalue weighted by Gasteiger charge is 2.34. The Hall–Kier alpha value is -0.980. The molecule has 1 aliphatic heterocycles. The van der Waals surface area contributed by atoms with Crippen LogP contribution >= 0.6 is 0 Å². The van der Waals surface area contributed by atoms with Crippen molar-refractivity contribution < 1.29 is 19.1 Å². The molecule has 1 atom stereocenters. The molecule has 28 heavy (non-hydrogen) atoms. The van der Waals surface area contributed by atoms with Crippen LogP contribution in [0.5, 0.6) is 0 Å². The fourth-order valence-electron chi connectivity index (χ4n) is 2.96. The predicted octanol–water partition coefficient (Wildman–Crippen LogP) is 3.04.